The lowest BCUT2D eigenvalue weighted by Crippen LogP contribution is -2.21. The van der Waals surface area contributed by atoms with Crippen molar-refractivity contribution in [2.24, 2.45) is 11.8 Å². The van der Waals surface area contributed by atoms with Gasteiger partial charge in [0.05, 0.1) is 4.47 Å². The fraction of sp³-hybridized carbons (Fsp3) is 0.600. The molecule has 0 radical (unpaired) electrons. The molecule has 1 aromatic heterocycles. The fourth-order valence-corrected chi connectivity index (χ4v) is 2.45. The van der Waals surface area contributed by atoms with Crippen molar-refractivity contribution >= 4 is 33.3 Å². The quantitative estimate of drug-likeness (QED) is 0.745. The van der Waals surface area contributed by atoms with Crippen LogP contribution in [0.5, 0.6) is 0 Å². The van der Waals surface area contributed by atoms with E-state index < -0.39 is 0 Å². The second-order valence-electron chi connectivity index (χ2n) is 4.16. The lowest BCUT2D eigenvalue weighted by Gasteiger charge is -2.18. The molecule has 1 aromatic rings. The van der Waals surface area contributed by atoms with Gasteiger partial charge in [0.1, 0.15) is 17.3 Å². The molecular formula is C10H13BrClN3. The molecule has 2 atom stereocenters. The molecule has 1 aliphatic heterocycles. The molecule has 15 heavy (non-hydrogen) atoms. The van der Waals surface area contributed by atoms with E-state index in [0.29, 0.717) is 17.0 Å². The number of hydrogen-bond donors (Lipinski definition) is 0. The van der Waals surface area contributed by atoms with Gasteiger partial charge in [-0.15, -0.1) is 0 Å². The number of aromatic nitrogens is 2. The van der Waals surface area contributed by atoms with Gasteiger partial charge in [0.15, 0.2) is 0 Å². The average Bonchev–Trinajstić information content (AvgIpc) is 2.51. The third-order valence-electron chi connectivity index (χ3n) is 3.02. The van der Waals surface area contributed by atoms with Crippen LogP contribution >= 0.6 is 27.5 Å². The Morgan fingerprint density at radius 1 is 1.33 bits per heavy atom. The van der Waals surface area contributed by atoms with Crippen LogP contribution in [0.15, 0.2) is 10.8 Å². The van der Waals surface area contributed by atoms with Gasteiger partial charge in [-0.3, -0.25) is 0 Å². The van der Waals surface area contributed by atoms with E-state index in [9.17, 15) is 0 Å². The molecule has 0 bridgehead atoms. The zero-order chi connectivity index (χ0) is 11.0. The number of anilines is 1. The van der Waals surface area contributed by atoms with Crippen molar-refractivity contribution in [1.29, 1.82) is 0 Å². The molecule has 0 saturated carbocycles. The van der Waals surface area contributed by atoms with Crippen molar-refractivity contribution in [3.63, 3.8) is 0 Å². The number of halogens is 2. The first-order valence-electron chi connectivity index (χ1n) is 5.00. The summed E-state index contributed by atoms with van der Waals surface area (Å²) in [5, 5.41) is 0.479. The zero-order valence-corrected chi connectivity index (χ0v) is 11.1. The lowest BCUT2D eigenvalue weighted by atomic mass is 10.0. The van der Waals surface area contributed by atoms with E-state index in [0.717, 1.165) is 23.4 Å². The highest BCUT2D eigenvalue weighted by Gasteiger charge is 2.28. The van der Waals surface area contributed by atoms with Crippen molar-refractivity contribution in [2.75, 3.05) is 18.0 Å². The van der Waals surface area contributed by atoms with Crippen molar-refractivity contribution in [3.8, 4) is 0 Å². The Kier molecular flexibility index (Phi) is 3.16. The molecule has 1 fully saturated rings. The Bertz CT molecular complexity index is 362. The Balaban J connectivity index is 2.27. The standard InChI is InChI=1S/C10H13BrClN3/c1-6-3-15(4-7(6)2)10-8(11)9(12)13-5-14-10/h5-7H,3-4H2,1-2H3. The van der Waals surface area contributed by atoms with E-state index in [2.05, 4.69) is 44.6 Å². The van der Waals surface area contributed by atoms with Crippen molar-refractivity contribution in [2.45, 2.75) is 13.8 Å². The van der Waals surface area contributed by atoms with Crippen molar-refractivity contribution in [1.82, 2.24) is 9.97 Å². The summed E-state index contributed by atoms with van der Waals surface area (Å²) in [4.78, 5) is 10.5. The summed E-state index contributed by atoms with van der Waals surface area (Å²) in [7, 11) is 0. The molecule has 2 unspecified atom stereocenters. The summed E-state index contributed by atoms with van der Waals surface area (Å²) in [6, 6.07) is 0. The van der Waals surface area contributed by atoms with Crippen molar-refractivity contribution in [3.05, 3.63) is 16.0 Å². The maximum atomic E-state index is 5.94. The zero-order valence-electron chi connectivity index (χ0n) is 8.74. The second-order valence-corrected chi connectivity index (χ2v) is 5.31. The first-order valence-corrected chi connectivity index (χ1v) is 6.17. The predicted octanol–water partition coefficient (Wildman–Crippen LogP) is 2.98. The molecule has 0 spiro atoms. The minimum Gasteiger partial charge on any atom is -0.355 e. The Labute approximate surface area is 103 Å². The van der Waals surface area contributed by atoms with Gasteiger partial charge < -0.3 is 4.90 Å². The molecule has 5 heteroatoms. The minimum atomic E-state index is 0.479. The van der Waals surface area contributed by atoms with E-state index in [-0.39, 0.29) is 0 Å². The van der Waals surface area contributed by atoms with E-state index >= 15 is 0 Å². The summed E-state index contributed by atoms with van der Waals surface area (Å²) >= 11 is 9.37. The fourth-order valence-electron chi connectivity index (χ4n) is 1.86. The van der Waals surface area contributed by atoms with E-state index in [1.54, 1.807) is 0 Å². The number of rotatable bonds is 1. The van der Waals surface area contributed by atoms with Gasteiger partial charge in [-0.05, 0) is 27.8 Å². The van der Waals surface area contributed by atoms with E-state index in [1.165, 1.54) is 6.33 Å². The third-order valence-corrected chi connectivity index (χ3v) is 4.26. The van der Waals surface area contributed by atoms with Crippen LogP contribution in [0.4, 0.5) is 5.82 Å². The topological polar surface area (TPSA) is 29.0 Å². The van der Waals surface area contributed by atoms with Crippen LogP contribution in [0.25, 0.3) is 0 Å². The first kappa shape index (κ1) is 11.1. The van der Waals surface area contributed by atoms with Gasteiger partial charge in [0, 0.05) is 13.1 Å². The smallest absolute Gasteiger partial charge is 0.148 e. The summed E-state index contributed by atoms with van der Waals surface area (Å²) in [6.07, 6.45) is 1.51. The molecule has 0 aliphatic carbocycles. The second kappa shape index (κ2) is 4.26. The number of hydrogen-bond acceptors (Lipinski definition) is 3. The molecule has 82 valence electrons. The minimum absolute atomic E-state index is 0.479. The van der Waals surface area contributed by atoms with Gasteiger partial charge >= 0.3 is 0 Å². The largest absolute Gasteiger partial charge is 0.355 e. The highest BCUT2D eigenvalue weighted by molar-refractivity contribution is 9.10. The van der Waals surface area contributed by atoms with Crippen LogP contribution < -0.4 is 4.90 Å². The monoisotopic (exact) mass is 289 g/mol. The van der Waals surface area contributed by atoms with E-state index in [4.69, 9.17) is 11.6 Å². The summed E-state index contributed by atoms with van der Waals surface area (Å²) in [6.45, 7) is 6.60. The maximum Gasteiger partial charge on any atom is 0.148 e. The first-order chi connectivity index (χ1) is 7.09. The predicted molar refractivity (Wildman–Crippen MR) is 65.3 cm³/mol. The Morgan fingerprint density at radius 2 is 1.93 bits per heavy atom. The third kappa shape index (κ3) is 2.11. The summed E-state index contributed by atoms with van der Waals surface area (Å²) in [5.41, 5.74) is 0. The summed E-state index contributed by atoms with van der Waals surface area (Å²) in [5.74, 6) is 2.31. The molecule has 2 rings (SSSR count). The maximum absolute atomic E-state index is 5.94. The molecular weight excluding hydrogens is 277 g/mol. The van der Waals surface area contributed by atoms with E-state index in [1.807, 2.05) is 0 Å². The van der Waals surface area contributed by atoms with Gasteiger partial charge in [-0.1, -0.05) is 25.4 Å². The normalized spacial score (nSPS) is 26.0. The van der Waals surface area contributed by atoms with Crippen LogP contribution in [-0.4, -0.2) is 23.1 Å². The van der Waals surface area contributed by atoms with Gasteiger partial charge in [0.25, 0.3) is 0 Å². The average molecular weight is 291 g/mol. The SMILES string of the molecule is CC1CN(c2ncnc(Cl)c2Br)CC1C. The molecule has 0 N–H and O–H groups in total. The molecule has 2 heterocycles. The number of nitrogens with zero attached hydrogens (tertiary/aromatic N) is 3. The van der Waals surface area contributed by atoms with Crippen LogP contribution in [0.2, 0.25) is 5.15 Å². The highest BCUT2D eigenvalue weighted by atomic mass is 79.9. The van der Waals surface area contributed by atoms with Gasteiger partial charge in [-0.2, -0.15) is 0 Å². The van der Waals surface area contributed by atoms with Crippen LogP contribution in [-0.2, 0) is 0 Å². The van der Waals surface area contributed by atoms with Crippen molar-refractivity contribution < 1.29 is 0 Å². The van der Waals surface area contributed by atoms with Crippen LogP contribution in [0.1, 0.15) is 13.8 Å². The Morgan fingerprint density at radius 3 is 2.53 bits per heavy atom. The summed E-state index contributed by atoms with van der Waals surface area (Å²) < 4.78 is 0.799. The molecule has 3 nitrogen and oxygen atoms in total. The highest BCUT2D eigenvalue weighted by Crippen LogP contribution is 2.33. The molecule has 1 saturated heterocycles. The molecule has 1 aliphatic rings. The van der Waals surface area contributed by atoms with Gasteiger partial charge in [0.2, 0.25) is 0 Å². The lowest BCUT2D eigenvalue weighted by molar-refractivity contribution is 0.494. The molecule has 0 amide bonds. The Hall–Kier alpha value is -0.350. The van der Waals surface area contributed by atoms with Crippen LogP contribution in [0, 0.1) is 11.8 Å². The van der Waals surface area contributed by atoms with Gasteiger partial charge in [-0.25, -0.2) is 9.97 Å². The molecule has 0 aromatic carbocycles. The van der Waals surface area contributed by atoms with Crippen LogP contribution in [0.3, 0.4) is 0 Å².